The van der Waals surface area contributed by atoms with Gasteiger partial charge in [-0.25, -0.2) is 10.1 Å². The first-order valence-electron chi connectivity index (χ1n) is 10.8. The summed E-state index contributed by atoms with van der Waals surface area (Å²) in [7, 11) is 3.95. The van der Waals surface area contributed by atoms with Crippen LogP contribution in [0.25, 0.3) is 5.82 Å². The molecule has 12 nitrogen and oxygen atoms in total. The lowest BCUT2D eigenvalue weighted by Crippen LogP contribution is -2.38. The van der Waals surface area contributed by atoms with Crippen LogP contribution >= 0.6 is 12.4 Å². The molecule has 1 aromatic carbocycles. The second-order valence-corrected chi connectivity index (χ2v) is 8.27. The smallest absolute Gasteiger partial charge is 0.293 e. The van der Waals surface area contributed by atoms with E-state index in [1.54, 1.807) is 6.21 Å². The Morgan fingerprint density at radius 2 is 2.06 bits per heavy atom. The molecular weight excluding hydrogens is 460 g/mol. The monoisotopic (exact) mass is 488 g/mol. The molecule has 1 atom stereocenters. The Morgan fingerprint density at radius 3 is 2.71 bits per heavy atom. The summed E-state index contributed by atoms with van der Waals surface area (Å²) < 4.78 is 6.13. The molecule has 1 unspecified atom stereocenters. The van der Waals surface area contributed by atoms with Crippen LogP contribution in [0.5, 0.6) is 0 Å². The normalized spacial score (nSPS) is 16.4. The number of hydrogen-bond acceptors (Lipinski definition) is 10. The maximum Gasteiger partial charge on any atom is 0.293 e. The van der Waals surface area contributed by atoms with Gasteiger partial charge in [0.05, 0.1) is 11.9 Å². The van der Waals surface area contributed by atoms with Gasteiger partial charge in [-0.05, 0) is 54.3 Å². The predicted octanol–water partition coefficient (Wildman–Crippen LogP) is 1.86. The topological polar surface area (TPSA) is 144 Å². The number of likely N-dealkylation sites (tertiary alicyclic amines) is 1. The van der Waals surface area contributed by atoms with Crippen LogP contribution in [0.1, 0.15) is 47.9 Å². The number of piperidine rings is 1. The van der Waals surface area contributed by atoms with Gasteiger partial charge in [0, 0.05) is 32.4 Å². The van der Waals surface area contributed by atoms with Crippen molar-refractivity contribution in [2.75, 3.05) is 31.3 Å². The third-order valence-electron chi connectivity index (χ3n) is 5.76. The number of halogens is 1. The number of hydrazone groups is 1. The molecule has 0 saturated carbocycles. The number of hydrogen-bond donors (Lipinski definition) is 2. The molecule has 4 rings (SSSR count). The molecule has 1 aliphatic heterocycles. The molecule has 1 aliphatic rings. The molecule has 0 aliphatic carbocycles. The third-order valence-corrected chi connectivity index (χ3v) is 5.76. The Hall–Kier alpha value is -3.51. The lowest BCUT2D eigenvalue weighted by Gasteiger charge is -2.33. The van der Waals surface area contributed by atoms with Crippen molar-refractivity contribution in [1.82, 2.24) is 35.6 Å². The minimum absolute atomic E-state index is 0. The number of amides is 1. The molecule has 3 aromatic rings. The van der Waals surface area contributed by atoms with Crippen LogP contribution in [-0.2, 0) is 6.54 Å². The fourth-order valence-corrected chi connectivity index (χ4v) is 3.79. The van der Waals surface area contributed by atoms with Gasteiger partial charge in [-0.1, -0.05) is 23.8 Å². The summed E-state index contributed by atoms with van der Waals surface area (Å²) in [6.45, 7) is 3.55. The van der Waals surface area contributed by atoms with Crippen molar-refractivity contribution in [3.05, 3.63) is 41.2 Å². The number of nitrogens with zero attached hydrogens (tertiary/aromatic N) is 8. The maximum absolute atomic E-state index is 12.9. The lowest BCUT2D eigenvalue weighted by atomic mass is 10.0. The SMILES string of the molecule is CC1CCCCN1Cc1c(C(=O)N/N=C\c2ccc(N(C)C)cc2)nnn1-c1nonc1N.Cl. The zero-order valence-electron chi connectivity index (χ0n) is 19.4. The van der Waals surface area contributed by atoms with Crippen molar-refractivity contribution in [3.63, 3.8) is 0 Å². The molecule has 13 heteroatoms. The van der Waals surface area contributed by atoms with Gasteiger partial charge in [0.1, 0.15) is 0 Å². The van der Waals surface area contributed by atoms with Crippen LogP contribution in [0.3, 0.4) is 0 Å². The molecule has 182 valence electrons. The average molecular weight is 489 g/mol. The quantitative estimate of drug-likeness (QED) is 0.376. The van der Waals surface area contributed by atoms with E-state index in [9.17, 15) is 4.79 Å². The fourth-order valence-electron chi connectivity index (χ4n) is 3.79. The summed E-state index contributed by atoms with van der Waals surface area (Å²) in [4.78, 5) is 17.2. The number of carbonyl (C=O) groups is 1. The lowest BCUT2D eigenvalue weighted by molar-refractivity contribution is 0.0945. The summed E-state index contributed by atoms with van der Waals surface area (Å²) in [5.41, 5.74) is 11.0. The van der Waals surface area contributed by atoms with Gasteiger partial charge in [0.15, 0.2) is 5.69 Å². The highest BCUT2D eigenvalue weighted by Crippen LogP contribution is 2.22. The van der Waals surface area contributed by atoms with Crippen LogP contribution in [-0.4, -0.2) is 69.0 Å². The highest BCUT2D eigenvalue weighted by atomic mass is 35.5. The fraction of sp³-hybridized carbons (Fsp3) is 0.429. The third kappa shape index (κ3) is 5.51. The van der Waals surface area contributed by atoms with Crippen LogP contribution in [0.2, 0.25) is 0 Å². The zero-order valence-corrected chi connectivity index (χ0v) is 20.2. The van der Waals surface area contributed by atoms with Crippen molar-refractivity contribution in [3.8, 4) is 5.82 Å². The van der Waals surface area contributed by atoms with Gasteiger partial charge >= 0.3 is 0 Å². The van der Waals surface area contributed by atoms with Gasteiger partial charge in [0.2, 0.25) is 11.6 Å². The van der Waals surface area contributed by atoms with Crippen LogP contribution in [0, 0.1) is 0 Å². The zero-order chi connectivity index (χ0) is 23.4. The molecule has 34 heavy (non-hydrogen) atoms. The highest BCUT2D eigenvalue weighted by molar-refractivity contribution is 5.94. The molecule has 1 amide bonds. The summed E-state index contributed by atoms with van der Waals surface area (Å²) in [5, 5.41) is 19.7. The number of carbonyl (C=O) groups excluding carboxylic acids is 1. The molecule has 0 spiro atoms. The summed E-state index contributed by atoms with van der Waals surface area (Å²) in [6.07, 6.45) is 4.95. The molecule has 1 fully saturated rings. The molecule has 1 saturated heterocycles. The van der Waals surface area contributed by atoms with E-state index in [-0.39, 0.29) is 29.7 Å². The Kier molecular flexibility index (Phi) is 8.18. The van der Waals surface area contributed by atoms with Gasteiger partial charge in [-0.3, -0.25) is 9.69 Å². The number of anilines is 2. The minimum Gasteiger partial charge on any atom is -0.378 e. The highest BCUT2D eigenvalue weighted by Gasteiger charge is 2.28. The van der Waals surface area contributed by atoms with Crippen molar-refractivity contribution in [2.24, 2.45) is 5.10 Å². The standard InChI is InChI=1S/C21H28N10O2.ClH/c1-14-6-4-5-11-30(14)13-17-18(24-28-31(17)20-19(22)26-33-27-20)21(32)25-23-12-15-7-9-16(10-8-15)29(2)3;/h7-10,12,14H,4-6,11,13H2,1-3H3,(H2,22,26)(H,25,32);1H/b23-12-;. The van der Waals surface area contributed by atoms with Crippen molar-refractivity contribution >= 4 is 36.0 Å². The second-order valence-electron chi connectivity index (χ2n) is 8.27. The van der Waals surface area contributed by atoms with E-state index in [0.717, 1.165) is 30.6 Å². The molecular formula is C21H29ClN10O2. The first-order chi connectivity index (χ1) is 15.9. The first kappa shape index (κ1) is 25.1. The van der Waals surface area contributed by atoms with Gasteiger partial charge in [-0.2, -0.15) is 9.78 Å². The first-order valence-corrected chi connectivity index (χ1v) is 10.8. The second kappa shape index (κ2) is 11.1. The van der Waals surface area contributed by atoms with Gasteiger partial charge < -0.3 is 10.6 Å². The van der Waals surface area contributed by atoms with Crippen molar-refractivity contribution < 1.29 is 9.42 Å². The van der Waals surface area contributed by atoms with E-state index in [0.29, 0.717) is 18.3 Å². The summed E-state index contributed by atoms with van der Waals surface area (Å²) in [5.74, 6) is -0.207. The largest absolute Gasteiger partial charge is 0.378 e. The van der Waals surface area contributed by atoms with Crippen LogP contribution < -0.4 is 16.1 Å². The molecule has 2 aromatic heterocycles. The number of nitrogens with two attached hydrogens (primary N) is 1. The number of rotatable bonds is 7. The van der Waals surface area contributed by atoms with E-state index >= 15 is 0 Å². The number of nitrogens with one attached hydrogen (secondary N) is 1. The number of nitrogen functional groups attached to an aromatic ring is 1. The Balaban J connectivity index is 0.00000324. The van der Waals surface area contributed by atoms with E-state index in [1.165, 1.54) is 11.1 Å². The number of benzene rings is 1. The van der Waals surface area contributed by atoms with Crippen LogP contribution in [0.4, 0.5) is 11.5 Å². The number of aromatic nitrogens is 5. The minimum atomic E-state index is -0.475. The Labute approximate surface area is 203 Å². The Morgan fingerprint density at radius 1 is 1.29 bits per heavy atom. The van der Waals surface area contributed by atoms with Crippen molar-refractivity contribution in [1.29, 1.82) is 0 Å². The van der Waals surface area contributed by atoms with E-state index in [1.807, 2.05) is 43.3 Å². The van der Waals surface area contributed by atoms with E-state index < -0.39 is 5.91 Å². The summed E-state index contributed by atoms with van der Waals surface area (Å²) in [6, 6.07) is 8.16. The van der Waals surface area contributed by atoms with Gasteiger partial charge in [-0.15, -0.1) is 17.5 Å². The Bertz CT molecular complexity index is 1130. The van der Waals surface area contributed by atoms with Gasteiger partial charge in [0.25, 0.3) is 5.91 Å². The molecule has 3 heterocycles. The predicted molar refractivity (Wildman–Crippen MR) is 130 cm³/mol. The summed E-state index contributed by atoms with van der Waals surface area (Å²) >= 11 is 0. The van der Waals surface area contributed by atoms with E-state index in [4.69, 9.17) is 10.4 Å². The van der Waals surface area contributed by atoms with E-state index in [2.05, 4.69) is 43.0 Å². The molecule has 0 bridgehead atoms. The maximum atomic E-state index is 12.9. The average Bonchev–Trinajstić information content (AvgIpc) is 3.41. The molecule has 0 radical (unpaired) electrons. The van der Waals surface area contributed by atoms with Crippen LogP contribution in [0.15, 0.2) is 34.0 Å². The molecule has 3 N–H and O–H groups in total. The van der Waals surface area contributed by atoms with Crippen molar-refractivity contribution in [2.45, 2.75) is 38.8 Å².